The fourth-order valence-electron chi connectivity index (χ4n) is 1.57. The van der Waals surface area contributed by atoms with Crippen molar-refractivity contribution in [3.63, 3.8) is 0 Å². The number of halogens is 2. The molecule has 0 aromatic heterocycles. The summed E-state index contributed by atoms with van der Waals surface area (Å²) in [5.74, 6) is 0.251. The minimum atomic E-state index is 0.251. The van der Waals surface area contributed by atoms with Crippen LogP contribution in [0.25, 0.3) is 0 Å². The third kappa shape index (κ3) is 1.72. The highest BCUT2D eigenvalue weighted by Crippen LogP contribution is 2.33. The molecule has 1 saturated heterocycles. The summed E-state index contributed by atoms with van der Waals surface area (Å²) in [6, 6.07) is 5.46. The first-order valence-corrected chi connectivity index (χ1v) is 5.15. The van der Waals surface area contributed by atoms with Crippen molar-refractivity contribution in [2.75, 3.05) is 18.0 Å². The summed E-state index contributed by atoms with van der Waals surface area (Å²) in [4.78, 5) is 13.1. The van der Waals surface area contributed by atoms with E-state index < -0.39 is 0 Å². The fraction of sp³-hybridized carbons (Fsp3) is 0.300. The van der Waals surface area contributed by atoms with E-state index in [-0.39, 0.29) is 5.78 Å². The molecule has 1 fully saturated rings. The molecule has 0 radical (unpaired) electrons. The van der Waals surface area contributed by atoms with Crippen molar-refractivity contribution in [3.8, 4) is 0 Å². The monoisotopic (exact) mass is 229 g/mol. The van der Waals surface area contributed by atoms with Crippen molar-refractivity contribution in [3.05, 3.63) is 28.2 Å². The highest BCUT2D eigenvalue weighted by molar-refractivity contribution is 6.43. The van der Waals surface area contributed by atoms with Gasteiger partial charge in [-0.15, -0.1) is 0 Å². The molecule has 0 saturated carbocycles. The molecule has 2 nitrogen and oxygen atoms in total. The average Bonchev–Trinajstić information content (AvgIpc) is 2.57. The minimum Gasteiger partial charge on any atom is -0.363 e. The van der Waals surface area contributed by atoms with Crippen molar-refractivity contribution in [1.82, 2.24) is 0 Å². The Kier molecular flexibility index (Phi) is 2.66. The molecule has 0 atom stereocenters. The molecule has 0 bridgehead atoms. The number of Topliss-reactive ketones (excluding diaryl/α,β-unsaturated/α-hetero) is 1. The van der Waals surface area contributed by atoms with Gasteiger partial charge in [0.1, 0.15) is 0 Å². The predicted molar refractivity (Wildman–Crippen MR) is 58.3 cm³/mol. The van der Waals surface area contributed by atoms with Crippen LogP contribution < -0.4 is 4.90 Å². The van der Waals surface area contributed by atoms with Gasteiger partial charge in [0.25, 0.3) is 0 Å². The summed E-state index contributed by atoms with van der Waals surface area (Å²) in [7, 11) is 0. The van der Waals surface area contributed by atoms with Gasteiger partial charge in [-0.05, 0) is 12.1 Å². The van der Waals surface area contributed by atoms with Gasteiger partial charge in [0, 0.05) is 13.0 Å². The van der Waals surface area contributed by atoms with E-state index in [1.54, 1.807) is 6.07 Å². The molecular formula is C10H9Cl2NO. The molecule has 14 heavy (non-hydrogen) atoms. The van der Waals surface area contributed by atoms with E-state index in [4.69, 9.17) is 23.2 Å². The van der Waals surface area contributed by atoms with Crippen LogP contribution >= 0.6 is 23.2 Å². The topological polar surface area (TPSA) is 20.3 Å². The van der Waals surface area contributed by atoms with Crippen molar-refractivity contribution in [2.45, 2.75) is 6.42 Å². The van der Waals surface area contributed by atoms with Crippen LogP contribution in [0.15, 0.2) is 18.2 Å². The number of ketones is 1. The van der Waals surface area contributed by atoms with Crippen molar-refractivity contribution in [1.29, 1.82) is 0 Å². The van der Waals surface area contributed by atoms with E-state index in [1.807, 2.05) is 17.0 Å². The molecule has 0 unspecified atom stereocenters. The van der Waals surface area contributed by atoms with Crippen LogP contribution in [0.4, 0.5) is 5.69 Å². The Morgan fingerprint density at radius 3 is 2.71 bits per heavy atom. The summed E-state index contributed by atoms with van der Waals surface area (Å²) in [5, 5.41) is 1.06. The predicted octanol–water partition coefficient (Wildman–Crippen LogP) is 2.77. The Hall–Kier alpha value is -0.730. The van der Waals surface area contributed by atoms with Crippen molar-refractivity contribution in [2.24, 2.45) is 0 Å². The highest BCUT2D eigenvalue weighted by Gasteiger charge is 2.21. The number of hydrogen-bond donors (Lipinski definition) is 0. The van der Waals surface area contributed by atoms with Crippen LogP contribution in [0.1, 0.15) is 6.42 Å². The summed E-state index contributed by atoms with van der Waals surface area (Å²) in [5.41, 5.74) is 0.852. The zero-order valence-electron chi connectivity index (χ0n) is 7.46. The Labute approximate surface area is 92.4 Å². The summed E-state index contributed by atoms with van der Waals surface area (Å²) < 4.78 is 0. The van der Waals surface area contributed by atoms with Crippen LogP contribution in [0.5, 0.6) is 0 Å². The molecule has 0 N–H and O–H groups in total. The second-order valence-corrected chi connectivity index (χ2v) is 4.07. The third-order valence-corrected chi connectivity index (χ3v) is 3.11. The number of benzene rings is 1. The zero-order valence-corrected chi connectivity index (χ0v) is 8.98. The first-order chi connectivity index (χ1) is 6.68. The molecule has 1 aromatic carbocycles. The van der Waals surface area contributed by atoms with E-state index in [9.17, 15) is 4.79 Å². The lowest BCUT2D eigenvalue weighted by molar-refractivity contribution is -0.116. The Bertz CT molecular complexity index is 378. The van der Waals surface area contributed by atoms with E-state index in [1.165, 1.54) is 0 Å². The number of hydrogen-bond acceptors (Lipinski definition) is 2. The molecule has 2 rings (SSSR count). The van der Waals surface area contributed by atoms with E-state index in [0.717, 1.165) is 12.2 Å². The van der Waals surface area contributed by atoms with Crippen LogP contribution in [-0.2, 0) is 4.79 Å². The molecule has 74 valence electrons. The fourth-order valence-corrected chi connectivity index (χ4v) is 1.99. The van der Waals surface area contributed by atoms with Gasteiger partial charge in [-0.2, -0.15) is 0 Å². The maximum absolute atomic E-state index is 11.1. The highest BCUT2D eigenvalue weighted by atomic mass is 35.5. The average molecular weight is 230 g/mol. The Morgan fingerprint density at radius 1 is 1.29 bits per heavy atom. The maximum atomic E-state index is 11.1. The largest absolute Gasteiger partial charge is 0.363 e. The molecule has 1 aromatic rings. The minimum absolute atomic E-state index is 0.251. The Balaban J connectivity index is 2.32. The quantitative estimate of drug-likeness (QED) is 0.739. The van der Waals surface area contributed by atoms with Crippen LogP contribution in [0.3, 0.4) is 0 Å². The lowest BCUT2D eigenvalue weighted by atomic mass is 10.3. The number of anilines is 1. The second-order valence-electron chi connectivity index (χ2n) is 3.28. The summed E-state index contributed by atoms with van der Waals surface area (Å²) >= 11 is 11.9. The number of carbonyl (C=O) groups is 1. The van der Waals surface area contributed by atoms with Gasteiger partial charge in [-0.25, -0.2) is 0 Å². The van der Waals surface area contributed by atoms with Crippen LogP contribution in [-0.4, -0.2) is 18.9 Å². The van der Waals surface area contributed by atoms with Crippen LogP contribution in [0.2, 0.25) is 10.0 Å². The maximum Gasteiger partial charge on any atom is 0.153 e. The zero-order chi connectivity index (χ0) is 10.1. The number of rotatable bonds is 1. The molecule has 0 aliphatic carbocycles. The van der Waals surface area contributed by atoms with Gasteiger partial charge in [-0.1, -0.05) is 29.3 Å². The van der Waals surface area contributed by atoms with Gasteiger partial charge < -0.3 is 4.90 Å². The van der Waals surface area contributed by atoms with Gasteiger partial charge in [0.05, 0.1) is 22.3 Å². The normalized spacial score (nSPS) is 16.4. The van der Waals surface area contributed by atoms with E-state index >= 15 is 0 Å². The lowest BCUT2D eigenvalue weighted by Gasteiger charge is -2.18. The molecule has 1 aliphatic heterocycles. The smallest absolute Gasteiger partial charge is 0.153 e. The van der Waals surface area contributed by atoms with Gasteiger partial charge in [0.15, 0.2) is 5.78 Å². The first-order valence-electron chi connectivity index (χ1n) is 4.39. The summed E-state index contributed by atoms with van der Waals surface area (Å²) in [6.07, 6.45) is 0.600. The van der Waals surface area contributed by atoms with Crippen LogP contribution in [0, 0.1) is 0 Å². The molecule has 0 amide bonds. The second kappa shape index (κ2) is 3.79. The molecule has 1 heterocycles. The van der Waals surface area contributed by atoms with Crippen molar-refractivity contribution >= 4 is 34.7 Å². The Morgan fingerprint density at radius 2 is 2.07 bits per heavy atom. The van der Waals surface area contributed by atoms with E-state index in [0.29, 0.717) is 23.0 Å². The number of carbonyl (C=O) groups excluding carboxylic acids is 1. The molecule has 4 heteroatoms. The molecular weight excluding hydrogens is 221 g/mol. The molecule has 1 aliphatic rings. The first kappa shape index (κ1) is 9.81. The SMILES string of the molecule is O=C1CCN(c2cccc(Cl)c2Cl)C1. The standard InChI is InChI=1S/C10H9Cl2NO/c11-8-2-1-3-9(10(8)12)13-5-4-7(14)6-13/h1-3H,4-6H2. The molecule has 0 spiro atoms. The third-order valence-electron chi connectivity index (χ3n) is 2.30. The van der Waals surface area contributed by atoms with Crippen molar-refractivity contribution < 1.29 is 4.79 Å². The van der Waals surface area contributed by atoms with E-state index in [2.05, 4.69) is 0 Å². The van der Waals surface area contributed by atoms with Gasteiger partial charge in [0.2, 0.25) is 0 Å². The summed E-state index contributed by atoms with van der Waals surface area (Å²) in [6.45, 7) is 1.18. The lowest BCUT2D eigenvalue weighted by Crippen LogP contribution is -2.19. The van der Waals surface area contributed by atoms with Gasteiger partial charge >= 0.3 is 0 Å². The number of nitrogens with zero attached hydrogens (tertiary/aromatic N) is 1. The van der Waals surface area contributed by atoms with Gasteiger partial charge in [-0.3, -0.25) is 4.79 Å².